The van der Waals surface area contributed by atoms with Crippen LogP contribution in [-0.4, -0.2) is 72.9 Å². The van der Waals surface area contributed by atoms with E-state index in [4.69, 9.17) is 16.3 Å². The molecule has 1 N–H and O–H groups in total. The predicted molar refractivity (Wildman–Crippen MR) is 122 cm³/mol. The van der Waals surface area contributed by atoms with Gasteiger partial charge in [0.2, 0.25) is 0 Å². The number of hydrogen-bond donors (Lipinski definition) is 1. The minimum Gasteiger partial charge on any atom is -0.466 e. The summed E-state index contributed by atoms with van der Waals surface area (Å²) >= 11 is 7.71. The zero-order valence-electron chi connectivity index (χ0n) is 17.0. The van der Waals surface area contributed by atoms with E-state index in [1.165, 1.54) is 11.8 Å². The Morgan fingerprint density at radius 2 is 2.03 bits per heavy atom. The number of likely N-dealkylation sites (tertiary alicyclic amines) is 1. The van der Waals surface area contributed by atoms with Crippen molar-refractivity contribution in [2.75, 3.05) is 36.5 Å². The highest BCUT2D eigenvalue weighted by Crippen LogP contribution is 2.36. The number of rotatable bonds is 4. The van der Waals surface area contributed by atoms with Gasteiger partial charge < -0.3 is 15.0 Å². The van der Waals surface area contributed by atoms with Crippen LogP contribution in [0.4, 0.5) is 5.69 Å². The fourth-order valence-corrected chi connectivity index (χ4v) is 7.88. The van der Waals surface area contributed by atoms with Crippen molar-refractivity contribution >= 4 is 55.9 Å². The molecule has 0 saturated carbocycles. The number of nitrogens with one attached hydrogen (secondary N) is 1. The highest BCUT2D eigenvalue weighted by Gasteiger charge is 2.42. The van der Waals surface area contributed by atoms with Gasteiger partial charge in [-0.2, -0.15) is 0 Å². The molecule has 0 unspecified atom stereocenters. The van der Waals surface area contributed by atoms with Gasteiger partial charge in [0, 0.05) is 23.9 Å². The molecular formula is C20H24ClN3O5S2. The van der Waals surface area contributed by atoms with Crippen molar-refractivity contribution in [3.05, 3.63) is 28.8 Å². The van der Waals surface area contributed by atoms with Crippen molar-refractivity contribution in [2.24, 2.45) is 10.9 Å². The van der Waals surface area contributed by atoms with Crippen molar-refractivity contribution in [1.82, 2.24) is 4.90 Å². The van der Waals surface area contributed by atoms with Crippen LogP contribution in [0, 0.1) is 5.92 Å². The molecule has 11 heteroatoms. The van der Waals surface area contributed by atoms with Crippen LogP contribution in [0.1, 0.15) is 30.1 Å². The summed E-state index contributed by atoms with van der Waals surface area (Å²) in [6.45, 7) is 3.13. The highest BCUT2D eigenvalue weighted by molar-refractivity contribution is 8.15. The molecule has 0 aliphatic carbocycles. The number of halogens is 1. The average molecular weight is 486 g/mol. The molecule has 2 atom stereocenters. The molecule has 1 aromatic rings. The van der Waals surface area contributed by atoms with Crippen molar-refractivity contribution in [2.45, 2.75) is 31.1 Å². The van der Waals surface area contributed by atoms with Gasteiger partial charge in [-0.15, -0.1) is 0 Å². The van der Waals surface area contributed by atoms with Crippen molar-refractivity contribution in [3.8, 4) is 0 Å². The number of amidine groups is 1. The maximum absolute atomic E-state index is 13.0. The van der Waals surface area contributed by atoms with Crippen LogP contribution in [0.2, 0.25) is 5.02 Å². The number of esters is 1. The Balaban J connectivity index is 1.40. The molecule has 8 nitrogen and oxygen atoms in total. The second kappa shape index (κ2) is 8.99. The molecule has 0 spiro atoms. The largest absolute Gasteiger partial charge is 0.466 e. The van der Waals surface area contributed by atoms with Gasteiger partial charge in [-0.25, -0.2) is 8.42 Å². The number of fused-ring (bicyclic) bond motifs is 1. The van der Waals surface area contributed by atoms with Gasteiger partial charge >= 0.3 is 5.97 Å². The maximum atomic E-state index is 13.0. The van der Waals surface area contributed by atoms with Crippen LogP contribution < -0.4 is 5.32 Å². The molecule has 0 bridgehead atoms. The summed E-state index contributed by atoms with van der Waals surface area (Å²) < 4.78 is 28.5. The first-order valence-electron chi connectivity index (χ1n) is 10.2. The third kappa shape index (κ3) is 5.01. The topological polar surface area (TPSA) is 105 Å². The molecule has 3 aliphatic heterocycles. The van der Waals surface area contributed by atoms with Crippen LogP contribution in [0.3, 0.4) is 0 Å². The Hall–Kier alpha value is -1.78. The van der Waals surface area contributed by atoms with E-state index in [1.54, 1.807) is 30.0 Å². The number of thioether (sulfide) groups is 1. The maximum Gasteiger partial charge on any atom is 0.309 e. The first-order valence-corrected chi connectivity index (χ1v) is 13.3. The van der Waals surface area contributed by atoms with Gasteiger partial charge in [0.15, 0.2) is 15.0 Å². The number of aliphatic imine (C=N–C) groups is 1. The third-order valence-corrected chi connectivity index (χ3v) is 9.15. The first-order chi connectivity index (χ1) is 14.8. The summed E-state index contributed by atoms with van der Waals surface area (Å²) in [6.07, 6.45) is 1.17. The first kappa shape index (κ1) is 22.4. The van der Waals surface area contributed by atoms with Gasteiger partial charge in [0.05, 0.1) is 40.8 Å². The molecule has 1 aromatic carbocycles. The Morgan fingerprint density at radius 3 is 2.71 bits per heavy atom. The number of carbonyl (C=O) groups excluding carboxylic acids is 2. The third-order valence-electron chi connectivity index (χ3n) is 5.68. The number of ether oxygens (including phenoxy) is 1. The smallest absolute Gasteiger partial charge is 0.309 e. The summed E-state index contributed by atoms with van der Waals surface area (Å²) in [7, 11) is -3.01. The number of sulfone groups is 1. The van der Waals surface area contributed by atoms with Gasteiger partial charge in [0.25, 0.3) is 5.91 Å². The van der Waals surface area contributed by atoms with E-state index in [2.05, 4.69) is 10.3 Å². The summed E-state index contributed by atoms with van der Waals surface area (Å²) in [5, 5.41) is 4.15. The zero-order valence-corrected chi connectivity index (χ0v) is 19.4. The monoisotopic (exact) mass is 485 g/mol. The lowest BCUT2D eigenvalue weighted by molar-refractivity contribution is -0.149. The zero-order chi connectivity index (χ0) is 22.2. The normalized spacial score (nSPS) is 25.1. The molecule has 2 saturated heterocycles. The van der Waals surface area contributed by atoms with Crippen LogP contribution >= 0.6 is 23.4 Å². The summed E-state index contributed by atoms with van der Waals surface area (Å²) in [5.41, 5.74) is 1.05. The quantitative estimate of drug-likeness (QED) is 0.653. The highest BCUT2D eigenvalue weighted by atomic mass is 35.5. The molecule has 3 heterocycles. The number of amides is 1. The van der Waals surface area contributed by atoms with Gasteiger partial charge in [0.1, 0.15) is 0 Å². The molecule has 0 aromatic heterocycles. The summed E-state index contributed by atoms with van der Waals surface area (Å²) in [6, 6.07) is 4.80. The average Bonchev–Trinajstić information content (AvgIpc) is 3.22. The van der Waals surface area contributed by atoms with Gasteiger partial charge in [-0.05, 0) is 38.0 Å². The SMILES string of the molecule is CCOC(=O)C1CCN(C(=O)c2ccc(Cl)c(NC3=N[C@H]4CS(=O)(=O)C[C@@H]4S3)c2)CC1. The van der Waals surface area contributed by atoms with Gasteiger partial charge in [-0.3, -0.25) is 14.6 Å². The van der Waals surface area contributed by atoms with Crippen LogP contribution in [0.15, 0.2) is 23.2 Å². The lowest BCUT2D eigenvalue weighted by Crippen LogP contribution is -2.40. The van der Waals surface area contributed by atoms with Crippen molar-refractivity contribution in [3.63, 3.8) is 0 Å². The van der Waals surface area contributed by atoms with E-state index in [0.717, 1.165) is 0 Å². The van der Waals surface area contributed by atoms with Gasteiger partial charge in [-0.1, -0.05) is 23.4 Å². The molecule has 168 valence electrons. The number of nitrogens with zero attached hydrogens (tertiary/aromatic N) is 2. The Bertz CT molecular complexity index is 1020. The molecule has 4 rings (SSSR count). The van der Waals surface area contributed by atoms with E-state index in [0.29, 0.717) is 54.0 Å². The van der Waals surface area contributed by atoms with Crippen molar-refractivity contribution in [1.29, 1.82) is 0 Å². The van der Waals surface area contributed by atoms with E-state index >= 15 is 0 Å². The summed E-state index contributed by atoms with van der Waals surface area (Å²) in [5.74, 6) is -0.271. The predicted octanol–water partition coefficient (Wildman–Crippen LogP) is 2.44. The lowest BCUT2D eigenvalue weighted by Gasteiger charge is -2.31. The molecule has 0 radical (unpaired) electrons. The standard InChI is InChI=1S/C20H24ClN3O5S2/c1-2-29-19(26)12-5-7-24(8-6-12)18(25)13-3-4-14(21)15(9-13)22-20-23-16-10-31(27,28)11-17(16)30-20/h3-4,9,12,16-17H,2,5-8,10-11H2,1H3,(H,22,23)/t16-,17-/m0/s1. The Kier molecular flexibility index (Phi) is 6.50. The fraction of sp³-hybridized carbons (Fsp3) is 0.550. The molecular weight excluding hydrogens is 462 g/mol. The minimum atomic E-state index is -3.01. The van der Waals surface area contributed by atoms with E-state index < -0.39 is 9.84 Å². The lowest BCUT2D eigenvalue weighted by atomic mass is 9.96. The van der Waals surface area contributed by atoms with Crippen LogP contribution in [0.5, 0.6) is 0 Å². The second-order valence-electron chi connectivity index (χ2n) is 7.87. The minimum absolute atomic E-state index is 0.0724. The second-order valence-corrected chi connectivity index (χ2v) is 11.7. The number of carbonyl (C=O) groups is 2. The fourth-order valence-electron chi connectivity index (χ4n) is 4.05. The van der Waals surface area contributed by atoms with E-state index in [9.17, 15) is 18.0 Å². The molecule has 3 aliphatic rings. The molecule has 31 heavy (non-hydrogen) atoms. The van der Waals surface area contributed by atoms with E-state index in [1.807, 2.05) is 0 Å². The summed E-state index contributed by atoms with van der Waals surface area (Å²) in [4.78, 5) is 31.1. The Labute approximate surface area is 190 Å². The van der Waals surface area contributed by atoms with Crippen LogP contribution in [-0.2, 0) is 19.4 Å². The Morgan fingerprint density at radius 1 is 1.29 bits per heavy atom. The molecule has 1 amide bonds. The number of anilines is 1. The number of benzene rings is 1. The van der Waals surface area contributed by atoms with Crippen LogP contribution in [0.25, 0.3) is 0 Å². The van der Waals surface area contributed by atoms with Crippen molar-refractivity contribution < 1.29 is 22.7 Å². The number of piperidine rings is 1. The molecule has 2 fully saturated rings. The van der Waals surface area contributed by atoms with E-state index in [-0.39, 0.29) is 40.6 Å². The number of hydrogen-bond acceptors (Lipinski definition) is 8.